The van der Waals surface area contributed by atoms with E-state index in [0.717, 1.165) is 30.2 Å². The molecule has 0 spiro atoms. The molecular formula is C25H27N6O2+. The van der Waals surface area contributed by atoms with Gasteiger partial charge in [0.25, 0.3) is 5.82 Å². The molecule has 0 aliphatic carbocycles. The topological polar surface area (TPSA) is 92.4 Å². The fraction of sp³-hybridized carbons (Fsp3) is 0.280. The summed E-state index contributed by atoms with van der Waals surface area (Å²) in [6.07, 6.45) is 6.54. The number of nitrogens with zero attached hydrogens (tertiary/aromatic N) is 5. The highest BCUT2D eigenvalue weighted by molar-refractivity contribution is 5.89. The molecule has 4 heterocycles. The van der Waals surface area contributed by atoms with Crippen LogP contribution in [-0.4, -0.2) is 43.7 Å². The molecule has 5 rings (SSSR count). The highest BCUT2D eigenvalue weighted by Crippen LogP contribution is 2.34. The first-order valence-electron chi connectivity index (χ1n) is 11.2. The Morgan fingerprint density at radius 2 is 1.88 bits per heavy atom. The second kappa shape index (κ2) is 8.29. The number of quaternary nitrogens is 1. The van der Waals surface area contributed by atoms with E-state index in [1.807, 2.05) is 30.5 Å². The number of anilines is 1. The predicted octanol–water partition coefficient (Wildman–Crippen LogP) is 4.50. The van der Waals surface area contributed by atoms with Crippen LogP contribution in [0, 0.1) is 11.8 Å². The Morgan fingerprint density at radius 3 is 2.61 bits per heavy atom. The zero-order valence-corrected chi connectivity index (χ0v) is 18.7. The number of carbonyl (C=O) groups is 1. The Kier molecular flexibility index (Phi) is 5.30. The van der Waals surface area contributed by atoms with Crippen LogP contribution in [0.25, 0.3) is 16.9 Å². The number of aromatic carboxylic acids is 1. The SMILES string of the molecule is CC1CC(C)C[N+](Nc2cc(-c3cccc(C(=O)O)c3)nn3ccnc23)(c2ccccn2)C1. The molecule has 1 fully saturated rings. The quantitative estimate of drug-likeness (QED) is 0.441. The van der Waals surface area contributed by atoms with Gasteiger partial charge in [-0.3, -0.25) is 0 Å². The van der Waals surface area contributed by atoms with Crippen LogP contribution >= 0.6 is 0 Å². The molecule has 33 heavy (non-hydrogen) atoms. The highest BCUT2D eigenvalue weighted by atomic mass is 16.4. The zero-order valence-electron chi connectivity index (χ0n) is 18.7. The van der Waals surface area contributed by atoms with Crippen LogP contribution in [0.3, 0.4) is 0 Å². The maximum absolute atomic E-state index is 11.5. The number of benzene rings is 1. The third kappa shape index (κ3) is 4.05. The largest absolute Gasteiger partial charge is 0.478 e. The molecule has 0 bridgehead atoms. The van der Waals surface area contributed by atoms with E-state index in [1.165, 1.54) is 6.42 Å². The lowest BCUT2D eigenvalue weighted by Gasteiger charge is -2.44. The molecule has 2 N–H and O–H groups in total. The Hall–Kier alpha value is -3.78. The molecule has 168 valence electrons. The summed E-state index contributed by atoms with van der Waals surface area (Å²) in [5.41, 5.74) is 6.96. The van der Waals surface area contributed by atoms with E-state index in [9.17, 15) is 9.90 Å². The van der Waals surface area contributed by atoms with Crippen LogP contribution in [0.15, 0.2) is 67.1 Å². The molecular weight excluding hydrogens is 416 g/mol. The minimum atomic E-state index is -0.963. The molecule has 1 aromatic carbocycles. The van der Waals surface area contributed by atoms with Crippen LogP contribution in [0.4, 0.5) is 11.5 Å². The number of piperidine rings is 1. The number of nitrogens with one attached hydrogen (secondary N) is 1. The molecule has 2 unspecified atom stereocenters. The minimum Gasteiger partial charge on any atom is -0.478 e. The Balaban J connectivity index is 1.64. The average Bonchev–Trinajstić information content (AvgIpc) is 3.28. The molecule has 1 saturated heterocycles. The second-order valence-electron chi connectivity index (χ2n) is 9.10. The van der Waals surface area contributed by atoms with Crippen molar-refractivity contribution in [3.63, 3.8) is 0 Å². The van der Waals surface area contributed by atoms with E-state index in [2.05, 4.69) is 35.4 Å². The van der Waals surface area contributed by atoms with Gasteiger partial charge in [0.05, 0.1) is 11.3 Å². The van der Waals surface area contributed by atoms with Crippen molar-refractivity contribution >= 4 is 23.1 Å². The molecule has 4 aromatic rings. The number of pyridine rings is 1. The first-order chi connectivity index (χ1) is 15.9. The number of hydrogen-bond acceptors (Lipinski definition) is 5. The van der Waals surface area contributed by atoms with Crippen molar-refractivity contribution in [2.45, 2.75) is 20.3 Å². The van der Waals surface area contributed by atoms with Gasteiger partial charge in [0.2, 0.25) is 0 Å². The van der Waals surface area contributed by atoms with Crippen molar-refractivity contribution < 1.29 is 9.90 Å². The number of aromatic nitrogens is 4. The van der Waals surface area contributed by atoms with Gasteiger partial charge in [-0.2, -0.15) is 9.69 Å². The predicted molar refractivity (Wildman–Crippen MR) is 128 cm³/mol. The number of rotatable bonds is 5. The molecule has 0 saturated carbocycles. The summed E-state index contributed by atoms with van der Waals surface area (Å²) in [5, 5.41) is 14.1. The Morgan fingerprint density at radius 1 is 1.06 bits per heavy atom. The summed E-state index contributed by atoms with van der Waals surface area (Å²) in [5.74, 6) is 1.04. The van der Waals surface area contributed by atoms with E-state index in [1.54, 1.807) is 35.1 Å². The third-order valence-electron chi connectivity index (χ3n) is 6.24. The van der Waals surface area contributed by atoms with Gasteiger partial charge in [-0.1, -0.05) is 32.0 Å². The van der Waals surface area contributed by atoms with Crippen molar-refractivity contribution in [1.82, 2.24) is 24.2 Å². The van der Waals surface area contributed by atoms with Crippen LogP contribution in [0.5, 0.6) is 0 Å². The second-order valence-corrected chi connectivity index (χ2v) is 9.10. The summed E-state index contributed by atoms with van der Waals surface area (Å²) in [7, 11) is 0. The van der Waals surface area contributed by atoms with Gasteiger partial charge >= 0.3 is 5.97 Å². The fourth-order valence-electron chi connectivity index (χ4n) is 5.10. The Bertz CT molecular complexity index is 1290. The van der Waals surface area contributed by atoms with Crippen LogP contribution in [0.2, 0.25) is 0 Å². The van der Waals surface area contributed by atoms with E-state index < -0.39 is 5.97 Å². The summed E-state index contributed by atoms with van der Waals surface area (Å²) in [4.78, 5) is 20.7. The molecule has 2 atom stereocenters. The average molecular weight is 444 g/mol. The van der Waals surface area contributed by atoms with E-state index in [-0.39, 0.29) is 5.56 Å². The van der Waals surface area contributed by atoms with Crippen molar-refractivity contribution in [3.05, 3.63) is 72.7 Å². The number of carboxylic acids is 1. The van der Waals surface area contributed by atoms with Gasteiger partial charge in [-0.15, -0.1) is 0 Å². The lowest BCUT2D eigenvalue weighted by molar-refractivity contribution is 0.0697. The van der Waals surface area contributed by atoms with Gasteiger partial charge in [-0.25, -0.2) is 24.7 Å². The third-order valence-corrected chi connectivity index (χ3v) is 6.24. The molecule has 3 aromatic heterocycles. The first kappa shape index (κ1) is 21.1. The lowest BCUT2D eigenvalue weighted by Crippen LogP contribution is -2.61. The van der Waals surface area contributed by atoms with Crippen molar-refractivity contribution in [2.24, 2.45) is 11.8 Å². The molecule has 1 aliphatic rings. The standard InChI is InChI=1S/C25H26N6O2/c1-17-12-18(2)16-31(15-17,23-8-3-4-9-26-23)29-22-14-21(28-30-11-10-27-24(22)30)19-6-5-7-20(13-19)25(32)33/h3-11,13-14,17-18H,12,15-16H2,1-2H3,(H-,28,29,32,33)/p+1. The molecule has 0 amide bonds. The monoisotopic (exact) mass is 443 g/mol. The molecule has 1 aliphatic heterocycles. The summed E-state index contributed by atoms with van der Waals surface area (Å²) in [6.45, 7) is 6.38. The summed E-state index contributed by atoms with van der Waals surface area (Å²) < 4.78 is 2.25. The Labute approximate surface area is 192 Å². The number of fused-ring (bicyclic) bond motifs is 1. The molecule has 8 heteroatoms. The number of carboxylic acid groups (broad SMARTS) is 1. The van der Waals surface area contributed by atoms with Crippen LogP contribution in [-0.2, 0) is 0 Å². The van der Waals surface area contributed by atoms with Gasteiger partial charge in [-0.05, 0) is 30.7 Å². The lowest BCUT2D eigenvalue weighted by atomic mass is 9.91. The normalized spacial score (nSPS) is 22.8. The van der Waals surface area contributed by atoms with E-state index in [4.69, 9.17) is 4.98 Å². The fourth-order valence-corrected chi connectivity index (χ4v) is 5.10. The van der Waals surface area contributed by atoms with Gasteiger partial charge < -0.3 is 5.11 Å². The van der Waals surface area contributed by atoms with Crippen molar-refractivity contribution in [2.75, 3.05) is 18.5 Å². The van der Waals surface area contributed by atoms with Gasteiger partial charge in [0, 0.05) is 42.1 Å². The highest BCUT2D eigenvalue weighted by Gasteiger charge is 2.41. The summed E-state index contributed by atoms with van der Waals surface area (Å²) in [6, 6.07) is 14.8. The van der Waals surface area contributed by atoms with E-state index in [0.29, 0.717) is 27.8 Å². The van der Waals surface area contributed by atoms with Gasteiger partial charge in [0.15, 0.2) is 5.65 Å². The molecule has 0 radical (unpaired) electrons. The maximum atomic E-state index is 11.5. The number of hydrogen-bond donors (Lipinski definition) is 2. The van der Waals surface area contributed by atoms with Crippen LogP contribution in [0.1, 0.15) is 30.6 Å². The van der Waals surface area contributed by atoms with Crippen molar-refractivity contribution in [3.8, 4) is 11.3 Å². The van der Waals surface area contributed by atoms with Crippen molar-refractivity contribution in [1.29, 1.82) is 0 Å². The minimum absolute atomic E-state index is 0.227. The number of imidazole rings is 1. The smallest absolute Gasteiger partial charge is 0.335 e. The maximum Gasteiger partial charge on any atom is 0.335 e. The first-order valence-corrected chi connectivity index (χ1v) is 11.2. The summed E-state index contributed by atoms with van der Waals surface area (Å²) >= 11 is 0. The molecule has 8 nitrogen and oxygen atoms in total. The zero-order chi connectivity index (χ0) is 23.0. The van der Waals surface area contributed by atoms with Crippen LogP contribution < -0.4 is 10.0 Å². The van der Waals surface area contributed by atoms with E-state index >= 15 is 0 Å². The van der Waals surface area contributed by atoms with Gasteiger partial charge in [0.1, 0.15) is 18.8 Å².